The molecule has 0 N–H and O–H groups in total. The van der Waals surface area contributed by atoms with Gasteiger partial charge in [-0.05, 0) is 38.5 Å². The number of aliphatic carboxylic acids is 1. The van der Waals surface area contributed by atoms with Crippen molar-refractivity contribution in [3.05, 3.63) is 29.8 Å². The zero-order valence-electron chi connectivity index (χ0n) is 11.1. The van der Waals surface area contributed by atoms with Gasteiger partial charge in [-0.25, -0.2) is 0 Å². The van der Waals surface area contributed by atoms with Gasteiger partial charge in [0.05, 0.1) is 0 Å². The molecule has 0 bridgehead atoms. The molecule has 0 aliphatic carbocycles. The molecule has 0 fully saturated rings. The number of Topliss-reactive ketones (excluding diaryl/α,β-unsaturated/α-hetero) is 1. The monoisotopic (exact) mass is 258 g/mol. The van der Waals surface area contributed by atoms with Crippen molar-refractivity contribution in [3.63, 3.8) is 0 Å². The van der Waals surface area contributed by atoms with Crippen LogP contribution in [0.1, 0.15) is 26.3 Å². The Morgan fingerprint density at radius 3 is 2.06 bits per heavy atom. The molecule has 0 atom stereocenters. The van der Waals surface area contributed by atoms with Crippen molar-refractivity contribution < 1.29 is 49.0 Å². The summed E-state index contributed by atoms with van der Waals surface area (Å²) in [5.74, 6) is -1.89. The predicted octanol–water partition coefficient (Wildman–Crippen LogP) is -2.27. The number of carboxylic acid groups (broad SMARTS) is 1. The van der Waals surface area contributed by atoms with E-state index in [1.807, 2.05) is 20.8 Å². The van der Waals surface area contributed by atoms with Crippen molar-refractivity contribution in [2.45, 2.75) is 32.8 Å². The number of benzene rings is 1. The van der Waals surface area contributed by atoms with Gasteiger partial charge in [0.2, 0.25) is 0 Å². The summed E-state index contributed by atoms with van der Waals surface area (Å²) >= 11 is 0. The van der Waals surface area contributed by atoms with Crippen molar-refractivity contribution in [2.75, 3.05) is 0 Å². The molecule has 0 amide bonds. The molecule has 5 heteroatoms. The molecule has 0 aliphatic rings. The number of ether oxygens (including phenoxy) is 1. The van der Waals surface area contributed by atoms with Gasteiger partial charge in [0.25, 0.3) is 0 Å². The molecule has 1 aromatic rings. The topological polar surface area (TPSA) is 66.4 Å². The van der Waals surface area contributed by atoms with Gasteiger partial charge < -0.3 is 14.6 Å². The van der Waals surface area contributed by atoms with Gasteiger partial charge in [0.15, 0.2) is 5.78 Å². The maximum atomic E-state index is 10.9. The number of carboxylic acids is 1. The Labute approximate surface area is 129 Å². The maximum Gasteiger partial charge on any atom is 1.00 e. The largest absolute Gasteiger partial charge is 1.00 e. The van der Waals surface area contributed by atoms with Crippen molar-refractivity contribution in [1.82, 2.24) is 0 Å². The third kappa shape index (κ3) is 6.19. The van der Waals surface area contributed by atoms with Crippen molar-refractivity contribution in [2.24, 2.45) is 0 Å². The third-order valence-electron chi connectivity index (χ3n) is 1.94. The van der Waals surface area contributed by atoms with Crippen LogP contribution in [0.5, 0.6) is 5.75 Å². The van der Waals surface area contributed by atoms with E-state index in [0.717, 1.165) is 0 Å². The van der Waals surface area contributed by atoms with Gasteiger partial charge in [-0.1, -0.05) is 12.1 Å². The van der Waals surface area contributed by atoms with Gasteiger partial charge >= 0.3 is 29.6 Å². The van der Waals surface area contributed by atoms with Crippen molar-refractivity contribution >= 4 is 11.8 Å². The van der Waals surface area contributed by atoms with Crippen LogP contribution in [0.4, 0.5) is 0 Å². The Kier molecular flexibility index (Phi) is 6.60. The summed E-state index contributed by atoms with van der Waals surface area (Å²) in [6.07, 6.45) is -0.155. The molecule has 0 aliphatic heterocycles. The van der Waals surface area contributed by atoms with Crippen LogP contribution in [0.15, 0.2) is 24.3 Å². The maximum absolute atomic E-state index is 10.9. The standard InChI is InChI=1S/C13H16O4.Na/c1-13(2,3)17-10-6-4-9(5-7-10)8-11(14)12(15)16;/h4-7H,8H2,1-3H3,(H,15,16);/q;+1/p-1. The van der Waals surface area contributed by atoms with Crippen LogP contribution in [0.3, 0.4) is 0 Å². The van der Waals surface area contributed by atoms with Crippen LogP contribution in [-0.4, -0.2) is 17.4 Å². The molecule has 18 heavy (non-hydrogen) atoms. The zero-order chi connectivity index (χ0) is 13.1. The molecule has 0 spiro atoms. The normalized spacial score (nSPS) is 10.4. The minimum absolute atomic E-state index is 0. The molecule has 0 saturated heterocycles. The molecule has 92 valence electrons. The molecule has 0 radical (unpaired) electrons. The molecular weight excluding hydrogens is 243 g/mol. The number of carbonyl (C=O) groups excluding carboxylic acids is 2. The summed E-state index contributed by atoms with van der Waals surface area (Å²) in [4.78, 5) is 21.2. The minimum Gasteiger partial charge on any atom is -0.542 e. The third-order valence-corrected chi connectivity index (χ3v) is 1.94. The van der Waals surface area contributed by atoms with Gasteiger partial charge in [0.1, 0.15) is 17.3 Å². The first-order valence-corrected chi connectivity index (χ1v) is 5.30. The predicted molar refractivity (Wildman–Crippen MR) is 60.5 cm³/mol. The van der Waals surface area contributed by atoms with E-state index in [2.05, 4.69) is 0 Å². The second kappa shape index (κ2) is 6.92. The second-order valence-electron chi connectivity index (χ2n) is 4.75. The summed E-state index contributed by atoms with van der Waals surface area (Å²) in [5.41, 5.74) is 0.336. The number of ketones is 1. The molecule has 0 aromatic heterocycles. The van der Waals surface area contributed by atoms with Crippen LogP contribution in [0.25, 0.3) is 0 Å². The Morgan fingerprint density at radius 2 is 1.67 bits per heavy atom. The zero-order valence-corrected chi connectivity index (χ0v) is 13.1. The Balaban J connectivity index is 0.00000289. The van der Waals surface area contributed by atoms with Crippen molar-refractivity contribution in [3.8, 4) is 5.75 Å². The Hall–Kier alpha value is -0.840. The summed E-state index contributed by atoms with van der Waals surface area (Å²) in [6.45, 7) is 5.79. The van der Waals surface area contributed by atoms with Crippen molar-refractivity contribution in [1.29, 1.82) is 0 Å². The molecule has 1 aromatic carbocycles. The Morgan fingerprint density at radius 1 is 1.17 bits per heavy atom. The first-order valence-electron chi connectivity index (χ1n) is 5.30. The Bertz CT molecular complexity index is 418. The minimum atomic E-state index is -1.65. The van der Waals surface area contributed by atoms with Crippen LogP contribution < -0.4 is 39.4 Å². The smallest absolute Gasteiger partial charge is 0.542 e. The number of rotatable bonds is 4. The average molecular weight is 258 g/mol. The molecule has 0 saturated carbocycles. The van der Waals surface area contributed by atoms with Crippen LogP contribution in [0, 0.1) is 0 Å². The quantitative estimate of drug-likeness (QED) is 0.451. The SMILES string of the molecule is CC(C)(C)Oc1ccc(CC(=O)C(=O)[O-])cc1.[Na+]. The molecule has 0 unspecified atom stereocenters. The fourth-order valence-corrected chi connectivity index (χ4v) is 1.29. The summed E-state index contributed by atoms with van der Waals surface area (Å²) < 4.78 is 5.60. The number of hydrogen-bond donors (Lipinski definition) is 0. The van der Waals surface area contributed by atoms with E-state index in [4.69, 9.17) is 4.74 Å². The second-order valence-corrected chi connectivity index (χ2v) is 4.75. The summed E-state index contributed by atoms with van der Waals surface area (Å²) in [6, 6.07) is 6.76. The average Bonchev–Trinajstić information content (AvgIpc) is 2.18. The van der Waals surface area contributed by atoms with Crippen LogP contribution in [-0.2, 0) is 16.0 Å². The van der Waals surface area contributed by atoms with E-state index in [1.165, 1.54) is 0 Å². The van der Waals surface area contributed by atoms with E-state index >= 15 is 0 Å². The van der Waals surface area contributed by atoms with Gasteiger partial charge in [-0.2, -0.15) is 0 Å². The fourth-order valence-electron chi connectivity index (χ4n) is 1.29. The molecule has 1 rings (SSSR count). The number of hydrogen-bond acceptors (Lipinski definition) is 4. The summed E-state index contributed by atoms with van der Waals surface area (Å²) in [7, 11) is 0. The first-order chi connectivity index (χ1) is 7.78. The molecule has 0 heterocycles. The van der Waals surface area contributed by atoms with E-state index in [9.17, 15) is 14.7 Å². The fraction of sp³-hybridized carbons (Fsp3) is 0.385. The van der Waals surface area contributed by atoms with E-state index < -0.39 is 11.8 Å². The van der Waals surface area contributed by atoms with Crippen LogP contribution >= 0.6 is 0 Å². The van der Waals surface area contributed by atoms with E-state index in [1.54, 1.807) is 24.3 Å². The number of carbonyl (C=O) groups is 2. The molecular formula is C13H15NaO4. The van der Waals surface area contributed by atoms with Gasteiger partial charge in [-0.3, -0.25) is 4.79 Å². The first kappa shape index (κ1) is 17.2. The van der Waals surface area contributed by atoms with Gasteiger partial charge in [-0.15, -0.1) is 0 Å². The van der Waals surface area contributed by atoms with E-state index in [-0.39, 0.29) is 41.6 Å². The molecule has 4 nitrogen and oxygen atoms in total. The van der Waals surface area contributed by atoms with E-state index in [0.29, 0.717) is 11.3 Å². The summed E-state index contributed by atoms with van der Waals surface area (Å²) in [5, 5.41) is 10.3. The van der Waals surface area contributed by atoms with Gasteiger partial charge in [0, 0.05) is 6.42 Å². The van der Waals surface area contributed by atoms with Crippen LogP contribution in [0.2, 0.25) is 0 Å².